The maximum absolute atomic E-state index is 10.8. The number of halogens is 1. The Morgan fingerprint density at radius 3 is 2.58 bits per heavy atom. The van der Waals surface area contributed by atoms with E-state index in [1.807, 2.05) is 0 Å². The summed E-state index contributed by atoms with van der Waals surface area (Å²) in [6, 6.07) is 1.33. The van der Waals surface area contributed by atoms with Gasteiger partial charge in [0.15, 0.2) is 0 Å². The molecule has 0 saturated heterocycles. The number of aromatic amines is 1. The molecule has 0 unspecified atom stereocenters. The summed E-state index contributed by atoms with van der Waals surface area (Å²) in [5.74, 6) is -1.20. The Morgan fingerprint density at radius 1 is 1.58 bits per heavy atom. The minimum atomic E-state index is -1.20. The molecule has 1 aromatic rings. The molecule has 4 nitrogen and oxygen atoms in total. The molecule has 0 aliphatic carbocycles. The Kier molecular flexibility index (Phi) is 3.50. The Morgan fingerprint density at radius 2 is 2.17 bits per heavy atom. The predicted molar refractivity (Wildman–Crippen MR) is 46.0 cm³/mol. The number of carboxylic acids is 1. The zero-order valence-electron chi connectivity index (χ0n) is 6.33. The Labute approximate surface area is 74.7 Å². The summed E-state index contributed by atoms with van der Waals surface area (Å²) in [4.78, 5) is 23.4. The van der Waals surface area contributed by atoms with Crippen LogP contribution in [0.1, 0.15) is 15.9 Å². The molecule has 0 fully saturated rings. The van der Waals surface area contributed by atoms with E-state index in [2.05, 4.69) is 4.98 Å². The quantitative estimate of drug-likeness (QED) is 0.687. The van der Waals surface area contributed by atoms with Crippen LogP contribution in [0.4, 0.5) is 0 Å². The lowest BCUT2D eigenvalue weighted by molar-refractivity contribution is 0.0695. The van der Waals surface area contributed by atoms with Crippen molar-refractivity contribution in [1.29, 1.82) is 0 Å². The van der Waals surface area contributed by atoms with E-state index in [4.69, 9.17) is 5.11 Å². The van der Waals surface area contributed by atoms with E-state index in [1.165, 1.54) is 12.3 Å². The van der Waals surface area contributed by atoms with Gasteiger partial charge in [0.25, 0.3) is 5.56 Å². The fourth-order valence-electron chi connectivity index (χ4n) is 0.751. The van der Waals surface area contributed by atoms with E-state index in [0.29, 0.717) is 0 Å². The van der Waals surface area contributed by atoms with Crippen molar-refractivity contribution in [3.05, 3.63) is 33.7 Å². The lowest BCUT2D eigenvalue weighted by Crippen LogP contribution is -2.16. The molecule has 0 aromatic carbocycles. The number of nitrogens with one attached hydrogen (secondary N) is 1. The molecule has 0 saturated carbocycles. The van der Waals surface area contributed by atoms with Crippen LogP contribution in [0.25, 0.3) is 0 Å². The lowest BCUT2D eigenvalue weighted by atomic mass is 10.2. The van der Waals surface area contributed by atoms with Gasteiger partial charge in [-0.25, -0.2) is 4.79 Å². The van der Waals surface area contributed by atoms with E-state index >= 15 is 0 Å². The summed E-state index contributed by atoms with van der Waals surface area (Å²) in [7, 11) is 0. The van der Waals surface area contributed by atoms with Crippen LogP contribution in [0.15, 0.2) is 17.1 Å². The van der Waals surface area contributed by atoms with E-state index in [9.17, 15) is 9.59 Å². The number of carboxylic acid groups (broad SMARTS) is 1. The van der Waals surface area contributed by atoms with Gasteiger partial charge in [-0.2, -0.15) is 0 Å². The van der Waals surface area contributed by atoms with Crippen LogP contribution >= 0.6 is 12.4 Å². The van der Waals surface area contributed by atoms with Crippen LogP contribution < -0.4 is 5.56 Å². The van der Waals surface area contributed by atoms with Crippen LogP contribution in [0.5, 0.6) is 0 Å². The highest BCUT2D eigenvalue weighted by Gasteiger charge is 2.06. The summed E-state index contributed by atoms with van der Waals surface area (Å²) in [5.41, 5.74) is -0.0601. The first-order valence-electron chi connectivity index (χ1n) is 3.04. The normalized spacial score (nSPS) is 8.75. The smallest absolute Gasteiger partial charge is 0.341 e. The average molecular weight is 190 g/mol. The monoisotopic (exact) mass is 189 g/mol. The highest BCUT2D eigenvalue weighted by atomic mass is 35.5. The van der Waals surface area contributed by atoms with E-state index in [0.717, 1.165) is 5.56 Å². The van der Waals surface area contributed by atoms with Gasteiger partial charge in [0.1, 0.15) is 5.56 Å². The van der Waals surface area contributed by atoms with Gasteiger partial charge in [0.2, 0.25) is 0 Å². The fraction of sp³-hybridized carbons (Fsp3) is 0.143. The molecule has 0 aliphatic heterocycles. The number of pyridine rings is 1. The standard InChI is InChI=1S/C7H7NO3.ClH/c1-4-2-5(7(10)11)6(9)8-3-4;/h2-3H,1H3,(H,8,9)(H,10,11);1H. The van der Waals surface area contributed by atoms with Gasteiger partial charge in [-0.15, -0.1) is 12.4 Å². The minimum Gasteiger partial charge on any atom is -0.477 e. The molecule has 1 aromatic heterocycles. The summed E-state index contributed by atoms with van der Waals surface area (Å²) in [5, 5.41) is 8.47. The Hall–Kier alpha value is -1.29. The highest BCUT2D eigenvalue weighted by Crippen LogP contribution is 1.94. The van der Waals surface area contributed by atoms with E-state index in [1.54, 1.807) is 6.92 Å². The number of hydrogen-bond acceptors (Lipinski definition) is 2. The van der Waals surface area contributed by atoms with Crippen LogP contribution in [0.3, 0.4) is 0 Å². The van der Waals surface area contributed by atoms with Crippen LogP contribution in [0, 0.1) is 6.92 Å². The number of aromatic nitrogens is 1. The van der Waals surface area contributed by atoms with Crippen LogP contribution in [-0.4, -0.2) is 16.1 Å². The SMILES string of the molecule is Cc1c[nH]c(=O)c(C(=O)O)c1.Cl. The molecule has 0 bridgehead atoms. The first-order chi connectivity index (χ1) is 5.11. The van der Waals surface area contributed by atoms with Crippen molar-refractivity contribution in [3.8, 4) is 0 Å². The topological polar surface area (TPSA) is 70.2 Å². The van der Waals surface area contributed by atoms with Gasteiger partial charge in [-0.3, -0.25) is 4.79 Å². The molecule has 5 heteroatoms. The molecule has 0 atom stereocenters. The molecular weight excluding hydrogens is 182 g/mol. The third-order valence-corrected chi connectivity index (χ3v) is 1.28. The van der Waals surface area contributed by atoms with Crippen molar-refractivity contribution in [2.45, 2.75) is 6.92 Å². The molecule has 1 heterocycles. The number of aryl methyl sites for hydroxylation is 1. The number of hydrogen-bond donors (Lipinski definition) is 2. The molecule has 0 radical (unpaired) electrons. The minimum absolute atomic E-state index is 0. The summed E-state index contributed by atoms with van der Waals surface area (Å²) >= 11 is 0. The van der Waals surface area contributed by atoms with E-state index in [-0.39, 0.29) is 18.0 Å². The van der Waals surface area contributed by atoms with Gasteiger partial charge in [-0.1, -0.05) is 0 Å². The predicted octanol–water partition coefficient (Wildman–Crippen LogP) is 0.803. The van der Waals surface area contributed by atoms with Crippen molar-refractivity contribution in [2.75, 3.05) is 0 Å². The van der Waals surface area contributed by atoms with Gasteiger partial charge < -0.3 is 10.1 Å². The van der Waals surface area contributed by atoms with Crippen molar-refractivity contribution in [3.63, 3.8) is 0 Å². The second kappa shape index (κ2) is 3.92. The Bertz CT molecular complexity index is 345. The second-order valence-electron chi connectivity index (χ2n) is 2.22. The molecule has 2 N–H and O–H groups in total. The molecule has 12 heavy (non-hydrogen) atoms. The van der Waals surface area contributed by atoms with Crippen molar-refractivity contribution in [1.82, 2.24) is 4.98 Å². The molecule has 0 spiro atoms. The Balaban J connectivity index is 0.00000121. The average Bonchev–Trinajstić information content (AvgIpc) is 1.94. The second-order valence-corrected chi connectivity index (χ2v) is 2.22. The van der Waals surface area contributed by atoms with Crippen LogP contribution in [-0.2, 0) is 0 Å². The van der Waals surface area contributed by atoms with Gasteiger partial charge in [0.05, 0.1) is 0 Å². The van der Waals surface area contributed by atoms with Crippen molar-refractivity contribution >= 4 is 18.4 Å². The largest absolute Gasteiger partial charge is 0.477 e. The molecule has 0 aliphatic rings. The summed E-state index contributed by atoms with van der Waals surface area (Å²) in [6.07, 6.45) is 1.47. The lowest BCUT2D eigenvalue weighted by Gasteiger charge is -1.93. The third kappa shape index (κ3) is 2.10. The van der Waals surface area contributed by atoms with Crippen LogP contribution in [0.2, 0.25) is 0 Å². The first kappa shape index (κ1) is 10.7. The number of rotatable bonds is 1. The van der Waals surface area contributed by atoms with Crippen molar-refractivity contribution in [2.24, 2.45) is 0 Å². The zero-order chi connectivity index (χ0) is 8.43. The van der Waals surface area contributed by atoms with Gasteiger partial charge in [0, 0.05) is 6.20 Å². The number of aromatic carboxylic acids is 1. The maximum atomic E-state index is 10.8. The molecule has 66 valence electrons. The summed E-state index contributed by atoms with van der Waals surface area (Å²) < 4.78 is 0. The summed E-state index contributed by atoms with van der Waals surface area (Å²) in [6.45, 7) is 1.71. The number of carbonyl (C=O) groups is 1. The number of H-pyrrole nitrogens is 1. The maximum Gasteiger partial charge on any atom is 0.341 e. The first-order valence-corrected chi connectivity index (χ1v) is 3.04. The van der Waals surface area contributed by atoms with E-state index < -0.39 is 11.5 Å². The zero-order valence-corrected chi connectivity index (χ0v) is 7.14. The highest BCUT2D eigenvalue weighted by molar-refractivity contribution is 5.87. The third-order valence-electron chi connectivity index (χ3n) is 1.28. The van der Waals surface area contributed by atoms with Gasteiger partial charge >= 0.3 is 5.97 Å². The fourth-order valence-corrected chi connectivity index (χ4v) is 0.751. The van der Waals surface area contributed by atoms with Gasteiger partial charge in [-0.05, 0) is 18.6 Å². The van der Waals surface area contributed by atoms with Crippen molar-refractivity contribution < 1.29 is 9.90 Å². The molecule has 0 amide bonds. The molecule has 1 rings (SSSR count). The molecular formula is C7H8ClNO3.